The first kappa shape index (κ1) is 19.7. The number of hydrogen-bond donors (Lipinski definition) is 2. The number of rotatable bonds is 7. The lowest BCUT2D eigenvalue weighted by Crippen LogP contribution is -2.55. The Bertz CT molecular complexity index is 510. The molecule has 0 spiro atoms. The Morgan fingerprint density at radius 2 is 1.96 bits per heavy atom. The fourth-order valence-corrected chi connectivity index (χ4v) is 4.29. The zero-order valence-electron chi connectivity index (χ0n) is 15.4. The summed E-state index contributed by atoms with van der Waals surface area (Å²) in [5.41, 5.74) is 0. The molecule has 2 rings (SSSR count). The third-order valence-corrected chi connectivity index (χ3v) is 5.51. The summed E-state index contributed by atoms with van der Waals surface area (Å²) in [5, 5.41) is 12.6. The quantitative estimate of drug-likeness (QED) is 0.674. The summed E-state index contributed by atoms with van der Waals surface area (Å²) in [5.74, 6) is -1.29. The third kappa shape index (κ3) is 4.32. The topological polar surface area (TPSA) is 95.9 Å². The highest BCUT2D eigenvalue weighted by Gasteiger charge is 2.48. The number of aliphatic carboxylic acids is 1. The van der Waals surface area contributed by atoms with Crippen LogP contribution >= 0.6 is 0 Å². The molecule has 0 unspecified atom stereocenters. The second kappa shape index (κ2) is 8.65. The molecule has 1 aliphatic heterocycles. The molecule has 0 aromatic heterocycles. The number of carboxylic acid groups (broad SMARTS) is 1. The van der Waals surface area contributed by atoms with Gasteiger partial charge in [0, 0.05) is 6.04 Å². The van der Waals surface area contributed by atoms with E-state index in [1.807, 2.05) is 6.92 Å². The minimum atomic E-state index is -0.937. The van der Waals surface area contributed by atoms with Gasteiger partial charge in [0.25, 0.3) is 0 Å². The number of likely N-dealkylation sites (tertiary alicyclic amines) is 1. The van der Waals surface area contributed by atoms with Crippen molar-refractivity contribution in [1.82, 2.24) is 10.2 Å². The molecule has 1 amide bonds. The highest BCUT2D eigenvalue weighted by atomic mass is 16.5. The summed E-state index contributed by atoms with van der Waals surface area (Å²) in [6.45, 7) is 3.65. The third-order valence-electron chi connectivity index (χ3n) is 5.51. The van der Waals surface area contributed by atoms with Crippen molar-refractivity contribution in [3.8, 4) is 0 Å². The van der Waals surface area contributed by atoms with Crippen LogP contribution in [-0.2, 0) is 19.1 Å². The van der Waals surface area contributed by atoms with E-state index in [2.05, 4.69) is 5.32 Å². The van der Waals surface area contributed by atoms with Gasteiger partial charge in [-0.25, -0.2) is 4.79 Å². The number of carbonyl (C=O) groups is 3. The summed E-state index contributed by atoms with van der Waals surface area (Å²) in [6.07, 6.45) is 5.86. The zero-order chi connectivity index (χ0) is 18.6. The predicted octanol–water partition coefficient (Wildman–Crippen LogP) is 1.55. The number of nitrogens with zero attached hydrogens (tertiary/aromatic N) is 1. The van der Waals surface area contributed by atoms with Crippen LogP contribution in [-0.4, -0.2) is 59.1 Å². The van der Waals surface area contributed by atoms with Gasteiger partial charge in [-0.05, 0) is 38.5 Å². The molecule has 1 saturated carbocycles. The van der Waals surface area contributed by atoms with E-state index in [4.69, 9.17) is 4.74 Å². The van der Waals surface area contributed by atoms with Crippen LogP contribution in [0.3, 0.4) is 0 Å². The molecule has 0 aromatic rings. The van der Waals surface area contributed by atoms with Gasteiger partial charge in [-0.1, -0.05) is 26.2 Å². The average molecular weight is 354 g/mol. The van der Waals surface area contributed by atoms with Crippen LogP contribution in [0.1, 0.15) is 58.8 Å². The van der Waals surface area contributed by atoms with Crippen LogP contribution in [0.25, 0.3) is 0 Å². The Balaban J connectivity index is 2.12. The summed E-state index contributed by atoms with van der Waals surface area (Å²) < 4.78 is 4.80. The highest BCUT2D eigenvalue weighted by Crippen LogP contribution is 2.40. The second-order valence-electron chi connectivity index (χ2n) is 7.20. The average Bonchev–Trinajstić information content (AvgIpc) is 2.99. The predicted molar refractivity (Wildman–Crippen MR) is 91.9 cm³/mol. The van der Waals surface area contributed by atoms with Crippen molar-refractivity contribution >= 4 is 17.8 Å². The van der Waals surface area contributed by atoms with E-state index in [1.54, 1.807) is 11.8 Å². The lowest BCUT2D eigenvalue weighted by atomic mass is 9.84. The maximum absolute atomic E-state index is 13.0. The monoisotopic (exact) mass is 354 g/mol. The molecule has 1 heterocycles. The molecule has 5 atom stereocenters. The molecule has 1 aliphatic carbocycles. The van der Waals surface area contributed by atoms with Gasteiger partial charge >= 0.3 is 11.9 Å². The van der Waals surface area contributed by atoms with Gasteiger partial charge in [-0.3, -0.25) is 14.9 Å². The van der Waals surface area contributed by atoms with Crippen LogP contribution in [0, 0.1) is 5.92 Å². The SMILES string of the molecule is CCC[C@H](N[C@@H](C)C(=O)N1[C@H](C(=O)O)C[C@@H]2CCCC[C@@H]21)C(=O)OC. The van der Waals surface area contributed by atoms with E-state index < -0.39 is 30.1 Å². The largest absolute Gasteiger partial charge is 0.480 e. The molecular weight excluding hydrogens is 324 g/mol. The molecule has 2 aliphatic rings. The maximum Gasteiger partial charge on any atom is 0.326 e. The van der Waals surface area contributed by atoms with Gasteiger partial charge in [0.2, 0.25) is 5.91 Å². The van der Waals surface area contributed by atoms with E-state index in [-0.39, 0.29) is 17.9 Å². The molecule has 0 bridgehead atoms. The fraction of sp³-hybridized carbons (Fsp3) is 0.833. The number of nitrogens with one attached hydrogen (secondary N) is 1. The first-order valence-electron chi connectivity index (χ1n) is 9.29. The summed E-state index contributed by atoms with van der Waals surface area (Å²) >= 11 is 0. The van der Waals surface area contributed by atoms with Gasteiger partial charge in [-0.2, -0.15) is 0 Å². The minimum absolute atomic E-state index is 0.00866. The van der Waals surface area contributed by atoms with Crippen molar-refractivity contribution in [2.24, 2.45) is 5.92 Å². The molecule has 0 aromatic carbocycles. The molecule has 7 nitrogen and oxygen atoms in total. The number of carboxylic acids is 1. The lowest BCUT2D eigenvalue weighted by Gasteiger charge is -2.35. The van der Waals surface area contributed by atoms with Crippen molar-refractivity contribution in [2.45, 2.75) is 83.0 Å². The normalized spacial score (nSPS) is 28.1. The minimum Gasteiger partial charge on any atom is -0.480 e. The maximum atomic E-state index is 13.0. The van der Waals surface area contributed by atoms with E-state index in [1.165, 1.54) is 7.11 Å². The summed E-state index contributed by atoms with van der Waals surface area (Å²) in [4.78, 5) is 38.1. The Labute approximate surface area is 149 Å². The van der Waals surface area contributed by atoms with Gasteiger partial charge in [-0.15, -0.1) is 0 Å². The van der Waals surface area contributed by atoms with E-state index >= 15 is 0 Å². The first-order chi connectivity index (χ1) is 11.9. The number of amides is 1. The molecule has 25 heavy (non-hydrogen) atoms. The van der Waals surface area contributed by atoms with Crippen molar-refractivity contribution in [1.29, 1.82) is 0 Å². The van der Waals surface area contributed by atoms with Crippen molar-refractivity contribution < 1.29 is 24.2 Å². The first-order valence-corrected chi connectivity index (χ1v) is 9.29. The molecule has 1 saturated heterocycles. The molecular formula is C18H30N2O5. The van der Waals surface area contributed by atoms with Crippen LogP contribution in [0.2, 0.25) is 0 Å². The van der Waals surface area contributed by atoms with Gasteiger partial charge in [0.1, 0.15) is 12.1 Å². The van der Waals surface area contributed by atoms with Crippen LogP contribution in [0.5, 0.6) is 0 Å². The van der Waals surface area contributed by atoms with Crippen molar-refractivity contribution in [3.63, 3.8) is 0 Å². The number of esters is 1. The smallest absolute Gasteiger partial charge is 0.326 e. The second-order valence-corrected chi connectivity index (χ2v) is 7.20. The Morgan fingerprint density at radius 1 is 1.28 bits per heavy atom. The number of ether oxygens (including phenoxy) is 1. The molecule has 7 heteroatoms. The van der Waals surface area contributed by atoms with E-state index in [0.717, 1.165) is 32.1 Å². The standard InChI is InChI=1S/C18H30N2O5/c1-4-7-13(18(24)25-3)19-11(2)16(21)20-14-9-6-5-8-12(14)10-15(20)17(22)23/h11-15,19H,4-10H2,1-3H3,(H,22,23)/t11-,12-,13-,14-,15-/m0/s1. The molecule has 2 fully saturated rings. The Kier molecular flexibility index (Phi) is 6.81. The van der Waals surface area contributed by atoms with E-state index in [9.17, 15) is 19.5 Å². The lowest BCUT2D eigenvalue weighted by molar-refractivity contribution is -0.151. The van der Waals surface area contributed by atoms with E-state index in [0.29, 0.717) is 12.8 Å². The van der Waals surface area contributed by atoms with Gasteiger partial charge in [0.05, 0.1) is 13.2 Å². The van der Waals surface area contributed by atoms with Crippen molar-refractivity contribution in [2.75, 3.05) is 7.11 Å². The number of hydrogen-bond acceptors (Lipinski definition) is 5. The van der Waals surface area contributed by atoms with Gasteiger partial charge < -0.3 is 14.7 Å². The van der Waals surface area contributed by atoms with Crippen LogP contribution in [0.4, 0.5) is 0 Å². The summed E-state index contributed by atoms with van der Waals surface area (Å²) in [6, 6.07) is -1.93. The number of carbonyl (C=O) groups excluding carboxylic acids is 2. The highest BCUT2D eigenvalue weighted by molar-refractivity contribution is 5.88. The Morgan fingerprint density at radius 3 is 2.56 bits per heavy atom. The van der Waals surface area contributed by atoms with Crippen LogP contribution < -0.4 is 5.32 Å². The Hall–Kier alpha value is -1.63. The van der Waals surface area contributed by atoms with Crippen molar-refractivity contribution in [3.05, 3.63) is 0 Å². The molecule has 2 N–H and O–H groups in total. The molecule has 0 radical (unpaired) electrons. The number of methoxy groups -OCH3 is 1. The van der Waals surface area contributed by atoms with Crippen LogP contribution in [0.15, 0.2) is 0 Å². The summed E-state index contributed by atoms with van der Waals surface area (Å²) in [7, 11) is 1.33. The molecule has 142 valence electrons. The fourth-order valence-electron chi connectivity index (χ4n) is 4.29. The van der Waals surface area contributed by atoms with Gasteiger partial charge in [0.15, 0.2) is 0 Å². The zero-order valence-corrected chi connectivity index (χ0v) is 15.4. The number of fused-ring (bicyclic) bond motifs is 1.